The van der Waals surface area contributed by atoms with Gasteiger partial charge in [-0.15, -0.1) is 0 Å². The average molecular weight is 462 g/mol. The molecule has 0 aliphatic heterocycles. The van der Waals surface area contributed by atoms with Crippen molar-refractivity contribution in [1.82, 2.24) is 14.9 Å². The summed E-state index contributed by atoms with van der Waals surface area (Å²) in [6.07, 6.45) is 0. The Kier molecular flexibility index (Phi) is 6.99. The van der Waals surface area contributed by atoms with Crippen LogP contribution >= 0.6 is 11.6 Å². The number of imidazole rings is 1. The lowest BCUT2D eigenvalue weighted by Crippen LogP contribution is -2.29. The number of carbonyl (C=O) groups excluding carboxylic acids is 1. The number of benzene rings is 3. The molecule has 1 unspecified atom stereocenters. The van der Waals surface area contributed by atoms with Gasteiger partial charge in [0.15, 0.2) is 0 Å². The summed E-state index contributed by atoms with van der Waals surface area (Å²) in [5.41, 5.74) is 3.61. The van der Waals surface area contributed by atoms with Gasteiger partial charge in [-0.2, -0.15) is 0 Å². The van der Waals surface area contributed by atoms with E-state index < -0.39 is 0 Å². The summed E-state index contributed by atoms with van der Waals surface area (Å²) in [7, 11) is 0. The number of carbonyl (C=O) groups is 1. The summed E-state index contributed by atoms with van der Waals surface area (Å²) in [6, 6.07) is 22.7. The molecule has 4 rings (SSSR count). The minimum atomic E-state index is -0.299. The van der Waals surface area contributed by atoms with Crippen LogP contribution in [0.25, 0.3) is 11.0 Å². The first-order valence-corrected chi connectivity index (χ1v) is 11.5. The Morgan fingerprint density at radius 2 is 1.79 bits per heavy atom. The quantitative estimate of drug-likeness (QED) is 0.331. The average Bonchev–Trinajstić information content (AvgIpc) is 3.18. The van der Waals surface area contributed by atoms with Gasteiger partial charge in [-0.1, -0.05) is 61.8 Å². The zero-order valence-corrected chi connectivity index (χ0v) is 19.8. The van der Waals surface area contributed by atoms with Crippen molar-refractivity contribution < 1.29 is 9.53 Å². The zero-order chi connectivity index (χ0) is 23.4. The highest BCUT2D eigenvalue weighted by atomic mass is 35.5. The molecular weight excluding hydrogens is 434 g/mol. The Morgan fingerprint density at radius 3 is 2.58 bits per heavy atom. The Hall–Kier alpha value is -3.31. The molecule has 170 valence electrons. The number of halogens is 1. The number of nitrogens with one attached hydrogen (secondary N) is 1. The second-order valence-corrected chi connectivity index (χ2v) is 8.79. The van der Waals surface area contributed by atoms with Gasteiger partial charge in [0.25, 0.3) is 5.91 Å². The van der Waals surface area contributed by atoms with Crippen LogP contribution in [-0.4, -0.2) is 22.1 Å². The Bertz CT molecular complexity index is 1270. The van der Waals surface area contributed by atoms with Crippen molar-refractivity contribution in [2.75, 3.05) is 6.61 Å². The molecule has 1 heterocycles. The van der Waals surface area contributed by atoms with Gasteiger partial charge >= 0.3 is 0 Å². The van der Waals surface area contributed by atoms with Crippen molar-refractivity contribution in [3.8, 4) is 5.75 Å². The molecule has 0 saturated carbocycles. The lowest BCUT2D eigenvalue weighted by atomic mass is 10.0. The molecule has 1 N–H and O–H groups in total. The summed E-state index contributed by atoms with van der Waals surface area (Å²) in [4.78, 5) is 17.6. The fourth-order valence-corrected chi connectivity index (χ4v) is 4.16. The van der Waals surface area contributed by atoms with Crippen LogP contribution in [0.3, 0.4) is 0 Å². The van der Waals surface area contributed by atoms with E-state index in [-0.39, 0.29) is 11.9 Å². The summed E-state index contributed by atoms with van der Waals surface area (Å²) in [5, 5.41) is 3.58. The van der Waals surface area contributed by atoms with Crippen LogP contribution in [0.4, 0.5) is 0 Å². The summed E-state index contributed by atoms with van der Waals surface area (Å²) < 4.78 is 8.29. The van der Waals surface area contributed by atoms with E-state index >= 15 is 0 Å². The molecule has 3 aromatic carbocycles. The van der Waals surface area contributed by atoms with E-state index in [4.69, 9.17) is 21.3 Å². The van der Waals surface area contributed by atoms with Crippen LogP contribution in [-0.2, 0) is 6.54 Å². The third-order valence-electron chi connectivity index (χ3n) is 5.62. The predicted molar refractivity (Wildman–Crippen MR) is 133 cm³/mol. The maximum absolute atomic E-state index is 12.8. The fraction of sp³-hybridized carbons (Fsp3) is 0.259. The van der Waals surface area contributed by atoms with Gasteiger partial charge in [0.1, 0.15) is 18.2 Å². The van der Waals surface area contributed by atoms with Gasteiger partial charge in [-0.25, -0.2) is 4.98 Å². The highest BCUT2D eigenvalue weighted by Crippen LogP contribution is 2.26. The number of aromatic nitrogens is 2. The monoisotopic (exact) mass is 461 g/mol. The van der Waals surface area contributed by atoms with Crippen LogP contribution in [0.2, 0.25) is 5.02 Å². The Labute approximate surface area is 199 Å². The predicted octanol–water partition coefficient (Wildman–Crippen LogP) is 6.38. The van der Waals surface area contributed by atoms with Gasteiger partial charge in [-0.05, 0) is 54.8 Å². The highest BCUT2D eigenvalue weighted by Gasteiger charge is 2.19. The van der Waals surface area contributed by atoms with Crippen molar-refractivity contribution in [3.63, 3.8) is 0 Å². The van der Waals surface area contributed by atoms with Crippen molar-refractivity contribution in [2.24, 2.45) is 0 Å². The second-order valence-electron chi connectivity index (χ2n) is 8.36. The molecule has 0 aliphatic rings. The minimum Gasteiger partial charge on any atom is -0.491 e. The molecule has 0 spiro atoms. The van der Waals surface area contributed by atoms with E-state index in [0.29, 0.717) is 29.7 Å². The van der Waals surface area contributed by atoms with Crippen LogP contribution < -0.4 is 10.1 Å². The van der Waals surface area contributed by atoms with Crippen molar-refractivity contribution in [1.29, 1.82) is 0 Å². The Morgan fingerprint density at radius 1 is 1.03 bits per heavy atom. The van der Waals surface area contributed by atoms with Crippen LogP contribution in [0, 0.1) is 0 Å². The number of rotatable bonds is 8. The van der Waals surface area contributed by atoms with E-state index in [1.807, 2.05) is 49.4 Å². The van der Waals surface area contributed by atoms with Crippen LogP contribution in [0.15, 0.2) is 72.8 Å². The molecule has 1 amide bonds. The van der Waals surface area contributed by atoms with Crippen molar-refractivity contribution >= 4 is 28.5 Å². The normalized spacial score (nSPS) is 12.2. The maximum atomic E-state index is 12.8. The number of amides is 1. The van der Waals surface area contributed by atoms with Crippen molar-refractivity contribution in [2.45, 2.75) is 39.3 Å². The fourth-order valence-electron chi connectivity index (χ4n) is 3.97. The largest absolute Gasteiger partial charge is 0.491 e. The van der Waals surface area contributed by atoms with Crippen LogP contribution in [0.1, 0.15) is 54.5 Å². The number of ether oxygens (including phenoxy) is 1. The van der Waals surface area contributed by atoms with Gasteiger partial charge in [0.05, 0.1) is 23.6 Å². The lowest BCUT2D eigenvalue weighted by Gasteiger charge is -2.18. The molecule has 4 aromatic rings. The third-order valence-corrected chi connectivity index (χ3v) is 5.85. The number of fused-ring (bicyclic) bond motifs is 1. The SMILES string of the molecule is CC(C)c1ccccc1OCCn1c(C(C)NC(=O)c2cccc(Cl)c2)nc2ccccc21. The molecule has 5 nitrogen and oxygen atoms in total. The topological polar surface area (TPSA) is 56.1 Å². The second kappa shape index (κ2) is 10.1. The molecule has 0 saturated heterocycles. The Balaban J connectivity index is 1.55. The standard InChI is InChI=1S/C27H28ClN3O2/c1-18(2)22-11-4-7-14-25(22)33-16-15-31-24-13-6-5-12-23(24)30-26(31)19(3)29-27(32)20-9-8-10-21(28)17-20/h4-14,17-19H,15-16H2,1-3H3,(H,29,32). The number of para-hydroxylation sites is 3. The molecular formula is C27H28ClN3O2. The smallest absolute Gasteiger partial charge is 0.251 e. The molecule has 1 aromatic heterocycles. The molecule has 0 bridgehead atoms. The van der Waals surface area contributed by atoms with Gasteiger partial charge in [0, 0.05) is 10.6 Å². The molecule has 0 fully saturated rings. The first-order chi connectivity index (χ1) is 15.9. The number of hydrogen-bond donors (Lipinski definition) is 1. The maximum Gasteiger partial charge on any atom is 0.251 e. The summed E-state index contributed by atoms with van der Waals surface area (Å²) >= 11 is 6.05. The van der Waals surface area contributed by atoms with E-state index in [9.17, 15) is 4.79 Å². The van der Waals surface area contributed by atoms with Gasteiger partial charge in [0.2, 0.25) is 0 Å². The minimum absolute atomic E-state index is 0.189. The summed E-state index contributed by atoms with van der Waals surface area (Å²) in [5.74, 6) is 1.88. The molecule has 1 atom stereocenters. The molecule has 33 heavy (non-hydrogen) atoms. The molecule has 6 heteroatoms. The van der Waals surface area contributed by atoms with E-state index in [1.165, 1.54) is 5.56 Å². The highest BCUT2D eigenvalue weighted by molar-refractivity contribution is 6.30. The van der Waals surface area contributed by atoms with Gasteiger partial charge in [-0.3, -0.25) is 4.79 Å². The van der Waals surface area contributed by atoms with Crippen LogP contribution in [0.5, 0.6) is 5.75 Å². The first-order valence-electron chi connectivity index (χ1n) is 11.2. The summed E-state index contributed by atoms with van der Waals surface area (Å²) in [6.45, 7) is 7.36. The molecule has 0 radical (unpaired) electrons. The number of nitrogens with zero attached hydrogens (tertiary/aromatic N) is 2. The van der Waals surface area contributed by atoms with E-state index in [0.717, 1.165) is 22.6 Å². The number of hydrogen-bond acceptors (Lipinski definition) is 3. The lowest BCUT2D eigenvalue weighted by molar-refractivity contribution is 0.0937. The van der Waals surface area contributed by atoms with E-state index in [2.05, 4.69) is 29.8 Å². The third kappa shape index (κ3) is 5.20. The van der Waals surface area contributed by atoms with Gasteiger partial charge < -0.3 is 14.6 Å². The zero-order valence-electron chi connectivity index (χ0n) is 19.1. The van der Waals surface area contributed by atoms with Crippen molar-refractivity contribution in [3.05, 3.63) is 94.8 Å². The molecule has 0 aliphatic carbocycles. The first kappa shape index (κ1) is 22.9. The van der Waals surface area contributed by atoms with E-state index in [1.54, 1.807) is 24.3 Å².